The van der Waals surface area contributed by atoms with Crippen LogP contribution in [0.4, 0.5) is 5.69 Å². The largest absolute Gasteiger partial charge is 0.495 e. The Bertz CT molecular complexity index is 1290. The van der Waals surface area contributed by atoms with Gasteiger partial charge in [0.25, 0.3) is 0 Å². The minimum atomic E-state index is -4.04. The van der Waals surface area contributed by atoms with Crippen molar-refractivity contribution in [2.24, 2.45) is 0 Å². The molecular weight excluding hydrogens is 460 g/mol. The molecule has 0 bridgehead atoms. The Kier molecular flexibility index (Phi) is 5.96. The molecule has 1 fully saturated rings. The molecule has 0 unspecified atom stereocenters. The van der Waals surface area contributed by atoms with Crippen molar-refractivity contribution in [3.63, 3.8) is 0 Å². The third-order valence-electron chi connectivity index (χ3n) is 4.72. The van der Waals surface area contributed by atoms with E-state index in [2.05, 4.69) is 14.9 Å². The minimum absolute atomic E-state index is 0.0437. The van der Waals surface area contributed by atoms with Crippen LogP contribution in [-0.4, -0.2) is 37.5 Å². The third kappa shape index (κ3) is 4.35. The van der Waals surface area contributed by atoms with E-state index >= 15 is 0 Å². The van der Waals surface area contributed by atoms with Gasteiger partial charge < -0.3 is 9.26 Å². The van der Waals surface area contributed by atoms with Crippen LogP contribution < -0.4 is 14.4 Å². The van der Waals surface area contributed by atoms with Crippen molar-refractivity contribution in [3.8, 4) is 17.1 Å². The lowest BCUT2D eigenvalue weighted by molar-refractivity contribution is -0.121. The first-order chi connectivity index (χ1) is 15.3. The molecule has 12 heteroatoms. The smallest absolute Gasteiger partial charge is 0.242 e. The van der Waals surface area contributed by atoms with E-state index in [-0.39, 0.29) is 47.4 Å². The number of ether oxygens (including phenoxy) is 1. The van der Waals surface area contributed by atoms with Gasteiger partial charge in [-0.1, -0.05) is 28.9 Å². The first-order valence-corrected chi connectivity index (χ1v) is 11.3. The summed E-state index contributed by atoms with van der Waals surface area (Å²) < 4.78 is 38.3. The lowest BCUT2D eigenvalue weighted by atomic mass is 10.2. The van der Waals surface area contributed by atoms with Gasteiger partial charge in [0.2, 0.25) is 33.6 Å². The Morgan fingerprint density at radius 2 is 1.91 bits per heavy atom. The second-order valence-corrected chi connectivity index (χ2v) is 9.01. The SMILES string of the molecule is COc1ccc(S(=O)(=O)NCc2nc(-c3cccc(Cl)c3)no2)cc1N1C(=O)CCC1=O. The maximum absolute atomic E-state index is 12.8. The Morgan fingerprint density at radius 1 is 1.16 bits per heavy atom. The monoisotopic (exact) mass is 476 g/mol. The molecule has 1 aliphatic heterocycles. The second kappa shape index (κ2) is 8.69. The van der Waals surface area contributed by atoms with E-state index in [0.29, 0.717) is 10.6 Å². The average Bonchev–Trinajstić information content (AvgIpc) is 3.38. The fourth-order valence-corrected chi connectivity index (χ4v) is 4.35. The number of amides is 2. The summed E-state index contributed by atoms with van der Waals surface area (Å²) in [6.07, 6.45) is 0.118. The normalized spacial score (nSPS) is 14.2. The number of carbonyl (C=O) groups excluding carboxylic acids is 2. The molecule has 0 radical (unpaired) electrons. The molecule has 2 aromatic carbocycles. The van der Waals surface area contributed by atoms with Gasteiger partial charge >= 0.3 is 0 Å². The van der Waals surface area contributed by atoms with Gasteiger partial charge in [0.15, 0.2) is 0 Å². The van der Waals surface area contributed by atoms with Crippen molar-refractivity contribution in [3.05, 3.63) is 53.4 Å². The summed E-state index contributed by atoms with van der Waals surface area (Å²) in [5.41, 5.74) is 0.694. The van der Waals surface area contributed by atoms with Gasteiger partial charge in [-0.15, -0.1) is 0 Å². The number of carbonyl (C=O) groups is 2. The quantitative estimate of drug-likeness (QED) is 0.514. The Labute approximate surface area is 188 Å². The zero-order valence-electron chi connectivity index (χ0n) is 16.7. The highest BCUT2D eigenvalue weighted by Crippen LogP contribution is 2.34. The Hall–Kier alpha value is -3.28. The van der Waals surface area contributed by atoms with Gasteiger partial charge in [0.05, 0.1) is 24.2 Å². The highest BCUT2D eigenvalue weighted by molar-refractivity contribution is 7.89. The van der Waals surface area contributed by atoms with E-state index in [9.17, 15) is 18.0 Å². The van der Waals surface area contributed by atoms with Gasteiger partial charge in [-0.05, 0) is 30.3 Å². The number of aromatic nitrogens is 2. The van der Waals surface area contributed by atoms with Crippen LogP contribution in [0.2, 0.25) is 5.02 Å². The summed E-state index contributed by atoms with van der Waals surface area (Å²) in [4.78, 5) is 29.2. The van der Waals surface area contributed by atoms with Gasteiger partial charge in [-0.25, -0.2) is 18.0 Å². The summed E-state index contributed by atoms with van der Waals surface area (Å²) in [7, 11) is -2.67. The number of halogens is 1. The maximum atomic E-state index is 12.8. The number of methoxy groups -OCH3 is 1. The van der Waals surface area contributed by atoms with Crippen molar-refractivity contribution < 1.29 is 27.3 Å². The number of hydrogen-bond donors (Lipinski definition) is 1. The number of imide groups is 1. The van der Waals surface area contributed by atoms with E-state index in [1.54, 1.807) is 24.3 Å². The number of sulfonamides is 1. The van der Waals surface area contributed by atoms with Crippen molar-refractivity contribution in [2.75, 3.05) is 12.0 Å². The van der Waals surface area contributed by atoms with Gasteiger partial charge in [-0.3, -0.25) is 9.59 Å². The van der Waals surface area contributed by atoms with Crippen molar-refractivity contribution >= 4 is 39.1 Å². The molecule has 1 N–H and O–H groups in total. The minimum Gasteiger partial charge on any atom is -0.495 e. The fraction of sp³-hybridized carbons (Fsp3) is 0.200. The second-order valence-electron chi connectivity index (χ2n) is 6.80. The number of rotatable bonds is 7. The predicted octanol–water partition coefficient (Wildman–Crippen LogP) is 2.53. The molecule has 3 aromatic rings. The van der Waals surface area contributed by atoms with Crippen LogP contribution >= 0.6 is 11.6 Å². The molecular formula is C20H17ClN4O6S. The number of nitrogens with one attached hydrogen (secondary N) is 1. The van der Waals surface area contributed by atoms with Gasteiger partial charge in [0, 0.05) is 23.4 Å². The summed E-state index contributed by atoms with van der Waals surface area (Å²) in [5.74, 6) is -0.331. The van der Waals surface area contributed by atoms with Crippen LogP contribution in [0.15, 0.2) is 51.9 Å². The molecule has 1 saturated heterocycles. The van der Waals surface area contributed by atoms with Crippen LogP contribution in [-0.2, 0) is 26.2 Å². The third-order valence-corrected chi connectivity index (χ3v) is 6.35. The van der Waals surface area contributed by atoms with Gasteiger partial charge in [-0.2, -0.15) is 4.98 Å². The number of benzene rings is 2. The molecule has 0 aliphatic carbocycles. The molecule has 4 rings (SSSR count). The summed E-state index contributed by atoms with van der Waals surface area (Å²) >= 11 is 5.96. The highest BCUT2D eigenvalue weighted by atomic mass is 35.5. The molecule has 2 amide bonds. The zero-order valence-corrected chi connectivity index (χ0v) is 18.3. The summed E-state index contributed by atoms with van der Waals surface area (Å²) in [5, 5.41) is 4.33. The number of hydrogen-bond acceptors (Lipinski definition) is 8. The molecule has 0 atom stereocenters. The lowest BCUT2D eigenvalue weighted by Crippen LogP contribution is -2.29. The molecule has 0 spiro atoms. The standard InChI is InChI=1S/C20H17ClN4O6S/c1-30-16-6-5-14(10-15(16)25-18(26)7-8-19(25)27)32(28,29)22-11-17-23-20(24-31-17)12-3-2-4-13(21)9-12/h2-6,9-10,22H,7-8,11H2,1H3. The predicted molar refractivity (Wildman–Crippen MR) is 113 cm³/mol. The molecule has 1 aromatic heterocycles. The van der Waals surface area contributed by atoms with Crippen LogP contribution in [0.5, 0.6) is 5.75 Å². The highest BCUT2D eigenvalue weighted by Gasteiger charge is 2.33. The number of anilines is 1. The topological polar surface area (TPSA) is 132 Å². The fourth-order valence-electron chi connectivity index (χ4n) is 3.17. The van der Waals surface area contributed by atoms with Crippen LogP contribution in [0.1, 0.15) is 18.7 Å². The average molecular weight is 477 g/mol. The lowest BCUT2D eigenvalue weighted by Gasteiger charge is -2.18. The van der Waals surface area contributed by atoms with Crippen molar-refractivity contribution in [1.82, 2.24) is 14.9 Å². The van der Waals surface area contributed by atoms with Crippen molar-refractivity contribution in [2.45, 2.75) is 24.3 Å². The molecule has 0 saturated carbocycles. The van der Waals surface area contributed by atoms with E-state index in [0.717, 1.165) is 4.90 Å². The number of nitrogens with zero attached hydrogens (tertiary/aromatic N) is 3. The van der Waals surface area contributed by atoms with Crippen LogP contribution in [0.25, 0.3) is 11.4 Å². The summed E-state index contributed by atoms with van der Waals surface area (Å²) in [6.45, 7) is -0.265. The van der Waals surface area contributed by atoms with Crippen molar-refractivity contribution in [1.29, 1.82) is 0 Å². The van der Waals surface area contributed by atoms with Crippen LogP contribution in [0.3, 0.4) is 0 Å². The van der Waals surface area contributed by atoms with E-state index in [4.69, 9.17) is 20.9 Å². The van der Waals surface area contributed by atoms with E-state index in [1.165, 1.54) is 25.3 Å². The zero-order chi connectivity index (χ0) is 22.9. The Morgan fingerprint density at radius 3 is 2.59 bits per heavy atom. The van der Waals surface area contributed by atoms with E-state index < -0.39 is 21.8 Å². The molecule has 2 heterocycles. The van der Waals surface area contributed by atoms with Crippen LogP contribution in [0, 0.1) is 0 Å². The molecule has 1 aliphatic rings. The summed E-state index contributed by atoms with van der Waals surface area (Å²) in [6, 6.07) is 10.7. The Balaban J connectivity index is 1.55. The maximum Gasteiger partial charge on any atom is 0.242 e. The van der Waals surface area contributed by atoms with Gasteiger partial charge in [0.1, 0.15) is 5.75 Å². The molecule has 10 nitrogen and oxygen atoms in total. The first kappa shape index (κ1) is 21.9. The molecule has 32 heavy (non-hydrogen) atoms. The van der Waals surface area contributed by atoms with E-state index in [1.807, 2.05) is 0 Å². The molecule has 166 valence electrons. The first-order valence-electron chi connectivity index (χ1n) is 9.40.